The van der Waals surface area contributed by atoms with Gasteiger partial charge in [0.05, 0.1) is 13.2 Å². The van der Waals surface area contributed by atoms with Crippen LogP contribution >= 0.6 is 0 Å². The smallest absolute Gasteiger partial charge is 0.305 e. The van der Waals surface area contributed by atoms with Gasteiger partial charge in [0.25, 0.3) is 0 Å². The quantitative estimate of drug-likeness (QED) is 0.359. The van der Waals surface area contributed by atoms with Crippen molar-refractivity contribution < 1.29 is 29.3 Å². The zero-order valence-corrected chi connectivity index (χ0v) is 19.3. The number of ether oxygens (including phenoxy) is 2. The molecule has 0 aromatic heterocycles. The molecule has 0 fully saturated rings. The molecule has 30 heavy (non-hydrogen) atoms. The lowest BCUT2D eigenvalue weighted by Crippen LogP contribution is -2.21. The van der Waals surface area contributed by atoms with Crippen LogP contribution in [0.15, 0.2) is 12.1 Å². The van der Waals surface area contributed by atoms with E-state index in [4.69, 9.17) is 9.47 Å². The molecule has 0 saturated heterocycles. The molecule has 1 aromatic carbocycles. The van der Waals surface area contributed by atoms with Gasteiger partial charge in [-0.2, -0.15) is 0 Å². The molecule has 0 heterocycles. The highest BCUT2D eigenvalue weighted by molar-refractivity contribution is 5.69. The Balaban J connectivity index is 2.88. The normalized spacial score (nSPS) is 11.9. The van der Waals surface area contributed by atoms with Gasteiger partial charge in [0.1, 0.15) is 11.5 Å². The molecule has 2 N–H and O–H groups in total. The molecular formula is C24H38O6. The number of carbonyl (C=O) groups is 2. The summed E-state index contributed by atoms with van der Waals surface area (Å²) >= 11 is 0. The Hall–Kier alpha value is -2.24. The predicted molar refractivity (Wildman–Crippen MR) is 117 cm³/mol. The van der Waals surface area contributed by atoms with Crippen LogP contribution in [0.3, 0.4) is 0 Å². The SMILES string of the molecule is CCOC(=O)CCCC(C)(C)c1cc(O)c(C(C)(C)CCCC(=O)OCC)cc1O. The van der Waals surface area contributed by atoms with Gasteiger partial charge in [0.15, 0.2) is 0 Å². The van der Waals surface area contributed by atoms with Crippen molar-refractivity contribution in [3.05, 3.63) is 23.3 Å². The van der Waals surface area contributed by atoms with E-state index in [9.17, 15) is 19.8 Å². The molecule has 0 amide bonds. The fourth-order valence-corrected chi connectivity index (χ4v) is 3.75. The highest BCUT2D eigenvalue weighted by Gasteiger charge is 2.30. The Morgan fingerprint density at radius 1 is 0.767 bits per heavy atom. The van der Waals surface area contributed by atoms with Crippen LogP contribution < -0.4 is 0 Å². The molecule has 0 aliphatic rings. The molecule has 0 radical (unpaired) electrons. The van der Waals surface area contributed by atoms with Crippen molar-refractivity contribution in [1.29, 1.82) is 0 Å². The summed E-state index contributed by atoms with van der Waals surface area (Å²) in [6.07, 6.45) is 3.26. The van der Waals surface area contributed by atoms with Crippen LogP contribution in [-0.4, -0.2) is 35.4 Å². The molecule has 0 atom stereocenters. The van der Waals surface area contributed by atoms with E-state index in [0.29, 0.717) is 62.9 Å². The topological polar surface area (TPSA) is 93.1 Å². The number of rotatable bonds is 12. The monoisotopic (exact) mass is 422 g/mol. The first-order valence-corrected chi connectivity index (χ1v) is 10.8. The molecule has 1 aromatic rings. The van der Waals surface area contributed by atoms with Gasteiger partial charge in [0.2, 0.25) is 0 Å². The first kappa shape index (κ1) is 25.8. The Bertz CT molecular complexity index is 659. The summed E-state index contributed by atoms with van der Waals surface area (Å²) < 4.78 is 9.92. The lowest BCUT2D eigenvalue weighted by Gasteiger charge is -2.30. The molecule has 0 aliphatic carbocycles. The molecule has 0 aliphatic heterocycles. The number of phenols is 2. The maximum Gasteiger partial charge on any atom is 0.305 e. The van der Waals surface area contributed by atoms with Crippen molar-refractivity contribution >= 4 is 11.9 Å². The van der Waals surface area contributed by atoms with Gasteiger partial charge in [-0.1, -0.05) is 27.7 Å². The average molecular weight is 423 g/mol. The van der Waals surface area contributed by atoms with Crippen LogP contribution in [0, 0.1) is 0 Å². The molecule has 1 rings (SSSR count). The molecule has 170 valence electrons. The van der Waals surface area contributed by atoms with E-state index in [1.165, 1.54) is 0 Å². The van der Waals surface area contributed by atoms with Crippen LogP contribution in [-0.2, 0) is 29.9 Å². The lowest BCUT2D eigenvalue weighted by molar-refractivity contribution is -0.144. The van der Waals surface area contributed by atoms with Gasteiger partial charge in [-0.15, -0.1) is 0 Å². The van der Waals surface area contributed by atoms with Crippen LogP contribution in [0.25, 0.3) is 0 Å². The maximum atomic E-state index is 11.6. The fraction of sp³-hybridized carbons (Fsp3) is 0.667. The van der Waals surface area contributed by atoms with Crippen molar-refractivity contribution in [2.24, 2.45) is 0 Å². The predicted octanol–water partition coefficient (Wildman–Crippen LogP) is 5.12. The van der Waals surface area contributed by atoms with Crippen molar-refractivity contribution in [2.45, 2.75) is 90.9 Å². The number of aromatic hydroxyl groups is 2. The standard InChI is InChI=1S/C24H38O6/c1-7-29-21(27)11-9-13-23(3,4)17-15-20(26)18(16-19(17)25)24(5,6)14-10-12-22(28)30-8-2/h15-16,25-26H,7-14H2,1-6H3. The minimum atomic E-state index is -0.416. The van der Waals surface area contributed by atoms with E-state index in [-0.39, 0.29) is 23.4 Å². The number of phenolic OH excluding ortho intramolecular Hbond substituents is 2. The fourth-order valence-electron chi connectivity index (χ4n) is 3.75. The Morgan fingerprint density at radius 2 is 1.10 bits per heavy atom. The van der Waals surface area contributed by atoms with Gasteiger partial charge >= 0.3 is 11.9 Å². The van der Waals surface area contributed by atoms with Gasteiger partial charge in [-0.25, -0.2) is 0 Å². The second-order valence-corrected chi connectivity index (χ2v) is 8.97. The van der Waals surface area contributed by atoms with Gasteiger partial charge in [-0.05, 0) is 62.5 Å². The van der Waals surface area contributed by atoms with E-state index >= 15 is 0 Å². The molecule has 0 spiro atoms. The number of carbonyl (C=O) groups excluding carboxylic acids is 2. The average Bonchev–Trinajstić information content (AvgIpc) is 2.63. The number of benzene rings is 1. The second-order valence-electron chi connectivity index (χ2n) is 8.97. The molecule has 0 saturated carbocycles. The van der Waals surface area contributed by atoms with Crippen molar-refractivity contribution in [3.63, 3.8) is 0 Å². The molecule has 6 heteroatoms. The third kappa shape index (κ3) is 7.54. The highest BCUT2D eigenvalue weighted by atomic mass is 16.5. The van der Waals surface area contributed by atoms with E-state index in [1.54, 1.807) is 26.0 Å². The zero-order chi connectivity index (χ0) is 22.9. The van der Waals surface area contributed by atoms with Crippen LogP contribution in [0.4, 0.5) is 0 Å². The summed E-state index contributed by atoms with van der Waals surface area (Å²) in [6, 6.07) is 3.25. The minimum Gasteiger partial charge on any atom is -0.508 e. The summed E-state index contributed by atoms with van der Waals surface area (Å²) in [4.78, 5) is 23.1. The number of esters is 2. The molecule has 0 bridgehead atoms. The minimum absolute atomic E-state index is 0.127. The lowest BCUT2D eigenvalue weighted by atomic mass is 9.75. The summed E-state index contributed by atoms with van der Waals surface area (Å²) in [5.74, 6) is -0.189. The highest BCUT2D eigenvalue weighted by Crippen LogP contribution is 2.43. The number of hydrogen-bond acceptors (Lipinski definition) is 6. The Labute approximate surface area is 180 Å². The first-order valence-electron chi connectivity index (χ1n) is 10.8. The summed E-state index contributed by atoms with van der Waals surface area (Å²) in [7, 11) is 0. The van der Waals surface area contributed by atoms with Crippen LogP contribution in [0.1, 0.15) is 91.2 Å². The van der Waals surface area contributed by atoms with Crippen molar-refractivity contribution in [3.8, 4) is 11.5 Å². The largest absolute Gasteiger partial charge is 0.508 e. The summed E-state index contributed by atoms with van der Waals surface area (Å²) in [5, 5.41) is 21.4. The van der Waals surface area contributed by atoms with E-state index < -0.39 is 10.8 Å². The molecule has 6 nitrogen and oxygen atoms in total. The van der Waals surface area contributed by atoms with E-state index in [1.807, 2.05) is 27.7 Å². The third-order valence-electron chi connectivity index (χ3n) is 5.55. The van der Waals surface area contributed by atoms with E-state index in [2.05, 4.69) is 0 Å². The zero-order valence-electron chi connectivity index (χ0n) is 19.3. The van der Waals surface area contributed by atoms with Crippen LogP contribution in [0.5, 0.6) is 11.5 Å². The maximum absolute atomic E-state index is 11.6. The molecular weight excluding hydrogens is 384 g/mol. The first-order chi connectivity index (χ1) is 13.9. The van der Waals surface area contributed by atoms with Crippen molar-refractivity contribution in [2.75, 3.05) is 13.2 Å². The van der Waals surface area contributed by atoms with Crippen molar-refractivity contribution in [1.82, 2.24) is 0 Å². The summed E-state index contributed by atoms with van der Waals surface area (Å²) in [6.45, 7) is 12.2. The van der Waals surface area contributed by atoms with Gasteiger partial charge < -0.3 is 19.7 Å². The third-order valence-corrected chi connectivity index (χ3v) is 5.55. The Morgan fingerprint density at radius 3 is 1.40 bits per heavy atom. The molecule has 0 unspecified atom stereocenters. The summed E-state index contributed by atoms with van der Waals surface area (Å²) in [5.41, 5.74) is 0.464. The van der Waals surface area contributed by atoms with Gasteiger partial charge in [-0.3, -0.25) is 9.59 Å². The second kappa shape index (κ2) is 11.2. The van der Waals surface area contributed by atoms with Crippen LogP contribution in [0.2, 0.25) is 0 Å². The number of hydrogen-bond donors (Lipinski definition) is 2. The van der Waals surface area contributed by atoms with Gasteiger partial charge in [0, 0.05) is 24.0 Å². The Kier molecular flexibility index (Phi) is 9.66. The van der Waals surface area contributed by atoms with E-state index in [0.717, 1.165) is 0 Å².